The molecule has 3 N–H and O–H groups in total. The van der Waals surface area contributed by atoms with Crippen LogP contribution in [0.15, 0.2) is 51.6 Å². The Kier molecular flexibility index (Phi) is 3.94. The molecule has 1 amide bonds. The second-order valence-corrected chi connectivity index (χ2v) is 8.86. The van der Waals surface area contributed by atoms with E-state index in [1.165, 1.54) is 29.5 Å². The van der Waals surface area contributed by atoms with Gasteiger partial charge in [-0.1, -0.05) is 17.7 Å². The van der Waals surface area contributed by atoms with Gasteiger partial charge >= 0.3 is 0 Å². The number of sulfone groups is 1. The predicted molar refractivity (Wildman–Crippen MR) is 96.3 cm³/mol. The van der Waals surface area contributed by atoms with E-state index in [4.69, 9.17) is 11.6 Å². The average molecular weight is 411 g/mol. The number of halogens is 1. The number of anilines is 1. The number of nitrogens with one attached hydrogen (secondary N) is 1. The van der Waals surface area contributed by atoms with E-state index in [2.05, 4.69) is 5.32 Å². The quantitative estimate of drug-likeness (QED) is 0.561. The van der Waals surface area contributed by atoms with E-state index in [9.17, 15) is 23.5 Å². The van der Waals surface area contributed by atoms with Gasteiger partial charge in [-0.15, -0.1) is 11.3 Å². The molecule has 0 radical (unpaired) electrons. The summed E-state index contributed by atoms with van der Waals surface area (Å²) < 4.78 is 27.1. The van der Waals surface area contributed by atoms with Crippen LogP contribution >= 0.6 is 22.9 Å². The van der Waals surface area contributed by atoms with Crippen LogP contribution in [0.3, 0.4) is 0 Å². The van der Waals surface area contributed by atoms with Gasteiger partial charge in [-0.3, -0.25) is 10.0 Å². The van der Waals surface area contributed by atoms with Crippen LogP contribution in [0.2, 0.25) is 5.02 Å². The maximum Gasteiger partial charge on any atom is 0.284 e. The molecule has 3 aromatic rings. The molecular weight excluding hydrogens is 400 g/mol. The summed E-state index contributed by atoms with van der Waals surface area (Å²) in [5.74, 6) is -0.998. The summed E-state index contributed by atoms with van der Waals surface area (Å²) in [7, 11) is -4.01. The van der Waals surface area contributed by atoms with Crippen LogP contribution < -0.4 is 5.32 Å². The molecule has 0 fully saturated rings. The van der Waals surface area contributed by atoms with Crippen LogP contribution in [0.5, 0.6) is 0 Å². The first kappa shape index (κ1) is 17.3. The van der Waals surface area contributed by atoms with Crippen molar-refractivity contribution in [2.24, 2.45) is 0 Å². The number of carbonyl (C=O) groups is 1. The zero-order chi connectivity index (χ0) is 18.6. The number of rotatable bonds is 2. The lowest BCUT2D eigenvalue weighted by atomic mass is 10.1. The van der Waals surface area contributed by atoms with Gasteiger partial charge in [0.1, 0.15) is 0 Å². The topological polar surface area (TPSA) is 107 Å². The Morgan fingerprint density at radius 3 is 2.73 bits per heavy atom. The lowest BCUT2D eigenvalue weighted by molar-refractivity contribution is -0.148. The summed E-state index contributed by atoms with van der Waals surface area (Å²) in [6.07, 6.45) is -1.79. The van der Waals surface area contributed by atoms with Crippen molar-refractivity contribution < 1.29 is 23.5 Å². The van der Waals surface area contributed by atoms with Crippen LogP contribution in [0.1, 0.15) is 10.4 Å². The molecule has 1 aliphatic heterocycles. The smallest absolute Gasteiger partial charge is 0.284 e. The van der Waals surface area contributed by atoms with Crippen molar-refractivity contribution in [3.8, 4) is 0 Å². The minimum atomic E-state index is -4.01. The van der Waals surface area contributed by atoms with Crippen molar-refractivity contribution in [3.05, 3.63) is 52.4 Å². The van der Waals surface area contributed by atoms with Crippen LogP contribution in [-0.2, 0) is 9.84 Å². The lowest BCUT2D eigenvalue weighted by Gasteiger charge is -2.31. The Bertz CT molecular complexity index is 1160. The highest BCUT2D eigenvalue weighted by molar-refractivity contribution is 7.91. The first-order valence-corrected chi connectivity index (χ1v) is 10.1. The van der Waals surface area contributed by atoms with Crippen LogP contribution in [0.4, 0.5) is 5.69 Å². The number of carbonyl (C=O) groups excluding carboxylic acids is 1. The van der Waals surface area contributed by atoms with Gasteiger partial charge in [0.15, 0.2) is 0 Å². The minimum absolute atomic E-state index is 0.0440. The number of fused-ring (bicyclic) bond motifs is 2. The molecule has 2 heterocycles. The van der Waals surface area contributed by atoms with Crippen LogP contribution in [0, 0.1) is 0 Å². The van der Waals surface area contributed by atoms with Crippen molar-refractivity contribution >= 4 is 54.5 Å². The molecule has 0 aliphatic carbocycles. The van der Waals surface area contributed by atoms with E-state index in [1.54, 1.807) is 12.1 Å². The Balaban J connectivity index is 1.94. The molecule has 7 nitrogen and oxygen atoms in total. The average Bonchev–Trinajstić information content (AvgIpc) is 3.07. The Morgan fingerprint density at radius 2 is 1.96 bits per heavy atom. The molecule has 1 aliphatic rings. The number of amides is 1. The second-order valence-electron chi connectivity index (χ2n) is 5.59. The molecule has 1 atom stereocenters. The van der Waals surface area contributed by atoms with Gasteiger partial charge in [-0.05, 0) is 41.1 Å². The first-order chi connectivity index (χ1) is 12.3. The fourth-order valence-electron chi connectivity index (χ4n) is 2.78. The molecule has 0 spiro atoms. The van der Waals surface area contributed by atoms with Gasteiger partial charge in [-0.25, -0.2) is 8.42 Å². The molecular formula is C16H11ClN2O5S2. The van der Waals surface area contributed by atoms with E-state index in [0.29, 0.717) is 0 Å². The summed E-state index contributed by atoms with van der Waals surface area (Å²) in [5, 5.41) is 24.5. The fraction of sp³-hybridized carbons (Fsp3) is 0.0625. The first-order valence-electron chi connectivity index (χ1n) is 7.32. The molecule has 10 heteroatoms. The van der Waals surface area contributed by atoms with E-state index in [0.717, 1.165) is 10.1 Å². The fourth-order valence-corrected chi connectivity index (χ4v) is 5.37. The number of benzene rings is 2. The van der Waals surface area contributed by atoms with Crippen molar-refractivity contribution in [2.75, 3.05) is 5.32 Å². The van der Waals surface area contributed by atoms with Gasteiger partial charge in [-0.2, -0.15) is 5.06 Å². The standard InChI is InChI=1S/C16H11ClN2O5S2/c17-10-3-4-12(14-13(10)15(20)19(22)16(21)18-14)26(23,24)9-2-1-8-5-6-25-11(8)7-9/h1-7,16,18,21-22H. The van der Waals surface area contributed by atoms with Crippen molar-refractivity contribution in [1.82, 2.24) is 5.06 Å². The number of hydrogen-bond acceptors (Lipinski definition) is 7. The Morgan fingerprint density at radius 1 is 1.19 bits per heavy atom. The SMILES string of the molecule is O=C1c2c(Cl)ccc(S(=O)(=O)c3ccc4ccsc4c3)c2NC(O)N1O. The predicted octanol–water partition coefficient (Wildman–Crippen LogP) is 2.92. The van der Waals surface area contributed by atoms with Crippen molar-refractivity contribution in [1.29, 1.82) is 0 Å². The minimum Gasteiger partial charge on any atom is -0.355 e. The van der Waals surface area contributed by atoms with Gasteiger partial charge in [0.2, 0.25) is 16.2 Å². The summed E-state index contributed by atoms with van der Waals surface area (Å²) in [6.45, 7) is 0. The van der Waals surface area contributed by atoms with Crippen LogP contribution in [-0.4, -0.2) is 36.1 Å². The summed E-state index contributed by atoms with van der Waals surface area (Å²) in [6, 6.07) is 9.13. The summed E-state index contributed by atoms with van der Waals surface area (Å²) >= 11 is 7.42. The van der Waals surface area contributed by atoms with Gasteiger partial charge in [0, 0.05) is 4.70 Å². The number of aliphatic hydroxyl groups is 1. The molecule has 4 rings (SSSR count). The number of aliphatic hydroxyl groups excluding tert-OH is 1. The second kappa shape index (κ2) is 5.93. The molecule has 2 aromatic carbocycles. The molecule has 0 bridgehead atoms. The molecule has 0 saturated carbocycles. The van der Waals surface area contributed by atoms with Crippen molar-refractivity contribution in [3.63, 3.8) is 0 Å². The molecule has 1 aromatic heterocycles. The van der Waals surface area contributed by atoms with Gasteiger partial charge in [0.25, 0.3) is 5.91 Å². The zero-order valence-corrected chi connectivity index (χ0v) is 15.3. The van der Waals surface area contributed by atoms with Crippen molar-refractivity contribution in [2.45, 2.75) is 16.1 Å². The Labute approximate surface area is 156 Å². The van der Waals surface area contributed by atoms with Gasteiger partial charge in [0.05, 0.1) is 26.1 Å². The molecule has 134 valence electrons. The normalized spacial score (nSPS) is 17.3. The Hall–Kier alpha value is -2.17. The summed E-state index contributed by atoms with van der Waals surface area (Å²) in [4.78, 5) is 12.0. The monoisotopic (exact) mass is 410 g/mol. The third kappa shape index (κ3) is 2.48. The maximum atomic E-state index is 13.1. The van der Waals surface area contributed by atoms with Gasteiger partial charge < -0.3 is 10.4 Å². The highest BCUT2D eigenvalue weighted by Crippen LogP contribution is 2.38. The van der Waals surface area contributed by atoms with E-state index in [-0.39, 0.29) is 31.1 Å². The zero-order valence-electron chi connectivity index (χ0n) is 12.9. The van der Waals surface area contributed by atoms with E-state index in [1.807, 2.05) is 11.4 Å². The number of hydroxylamine groups is 2. The highest BCUT2D eigenvalue weighted by atomic mass is 35.5. The van der Waals surface area contributed by atoms with E-state index >= 15 is 0 Å². The molecule has 0 saturated heterocycles. The molecule has 1 unspecified atom stereocenters. The lowest BCUT2D eigenvalue weighted by Crippen LogP contribution is -2.47. The van der Waals surface area contributed by atoms with Crippen LogP contribution in [0.25, 0.3) is 10.1 Å². The largest absolute Gasteiger partial charge is 0.355 e. The third-order valence-electron chi connectivity index (χ3n) is 4.07. The molecule has 26 heavy (non-hydrogen) atoms. The number of thiophene rings is 1. The number of hydrogen-bond donors (Lipinski definition) is 3. The summed E-state index contributed by atoms with van der Waals surface area (Å²) in [5.41, 5.74) is -0.371. The van der Waals surface area contributed by atoms with E-state index < -0.39 is 22.1 Å². The third-order valence-corrected chi connectivity index (χ3v) is 7.06. The number of nitrogens with zero attached hydrogens (tertiary/aromatic N) is 1. The maximum absolute atomic E-state index is 13.1. The highest BCUT2D eigenvalue weighted by Gasteiger charge is 2.36.